The van der Waals surface area contributed by atoms with E-state index in [9.17, 15) is 17.6 Å². The van der Waals surface area contributed by atoms with Crippen LogP contribution in [0.3, 0.4) is 0 Å². The average molecular weight is 259 g/mol. The van der Waals surface area contributed by atoms with E-state index < -0.39 is 17.6 Å². The molecular formula is C12H9F4NO. The molecule has 0 atom stereocenters. The number of benzene rings is 1. The van der Waals surface area contributed by atoms with Gasteiger partial charge in [0.25, 0.3) is 0 Å². The zero-order chi connectivity index (χ0) is 13.8. The lowest BCUT2D eigenvalue weighted by Gasteiger charge is -2.13. The van der Waals surface area contributed by atoms with Crippen molar-refractivity contribution in [1.82, 2.24) is 0 Å². The first-order valence-corrected chi connectivity index (χ1v) is 4.77. The van der Waals surface area contributed by atoms with E-state index in [2.05, 4.69) is 11.7 Å². The van der Waals surface area contributed by atoms with Crippen LogP contribution >= 0.6 is 0 Å². The molecule has 0 fully saturated rings. The van der Waals surface area contributed by atoms with Gasteiger partial charge in [-0.25, -0.2) is 4.39 Å². The SMILES string of the molecule is C=C/C(=C\C=NO)c1ccc(F)cc1C(F)(F)F. The van der Waals surface area contributed by atoms with E-state index >= 15 is 0 Å². The Hall–Kier alpha value is -2.11. The first-order valence-electron chi connectivity index (χ1n) is 4.77. The molecule has 0 aliphatic rings. The largest absolute Gasteiger partial charge is 0.417 e. The fourth-order valence-corrected chi connectivity index (χ4v) is 1.38. The van der Waals surface area contributed by atoms with Crippen molar-refractivity contribution < 1.29 is 22.8 Å². The Balaban J connectivity index is 3.44. The van der Waals surface area contributed by atoms with Crippen LogP contribution in [0.2, 0.25) is 0 Å². The zero-order valence-corrected chi connectivity index (χ0v) is 9.08. The van der Waals surface area contributed by atoms with Gasteiger partial charge >= 0.3 is 6.18 Å². The molecule has 0 aliphatic heterocycles. The van der Waals surface area contributed by atoms with Gasteiger partial charge < -0.3 is 5.21 Å². The summed E-state index contributed by atoms with van der Waals surface area (Å²) in [5, 5.41) is 10.9. The third kappa shape index (κ3) is 3.19. The highest BCUT2D eigenvalue weighted by atomic mass is 19.4. The highest BCUT2D eigenvalue weighted by molar-refractivity contribution is 5.89. The van der Waals surface area contributed by atoms with E-state index in [0.717, 1.165) is 30.5 Å². The quantitative estimate of drug-likeness (QED) is 0.288. The van der Waals surface area contributed by atoms with Crippen molar-refractivity contribution in [2.45, 2.75) is 6.18 Å². The van der Waals surface area contributed by atoms with Crippen LogP contribution in [0.5, 0.6) is 0 Å². The van der Waals surface area contributed by atoms with Gasteiger partial charge in [-0.15, -0.1) is 0 Å². The summed E-state index contributed by atoms with van der Waals surface area (Å²) in [5.41, 5.74) is -1.28. The van der Waals surface area contributed by atoms with Crippen molar-refractivity contribution >= 4 is 11.8 Å². The van der Waals surface area contributed by atoms with Gasteiger partial charge in [0.15, 0.2) is 0 Å². The minimum absolute atomic E-state index is 0.0696. The summed E-state index contributed by atoms with van der Waals surface area (Å²) in [7, 11) is 0. The van der Waals surface area contributed by atoms with Gasteiger partial charge in [0, 0.05) is 0 Å². The molecule has 0 spiro atoms. The number of oxime groups is 1. The van der Waals surface area contributed by atoms with Gasteiger partial charge in [-0.2, -0.15) is 13.2 Å². The van der Waals surface area contributed by atoms with Gasteiger partial charge in [-0.05, 0) is 29.3 Å². The number of hydrogen-bond acceptors (Lipinski definition) is 2. The molecule has 2 nitrogen and oxygen atoms in total. The van der Waals surface area contributed by atoms with Crippen LogP contribution in [-0.2, 0) is 6.18 Å². The molecule has 1 N–H and O–H groups in total. The van der Waals surface area contributed by atoms with Gasteiger partial charge in [-0.3, -0.25) is 0 Å². The summed E-state index contributed by atoms with van der Waals surface area (Å²) in [6.45, 7) is 3.36. The molecule has 0 radical (unpaired) electrons. The molecule has 0 bridgehead atoms. The predicted octanol–water partition coefficient (Wildman–Crippen LogP) is 3.87. The van der Waals surface area contributed by atoms with Crippen LogP contribution in [0, 0.1) is 5.82 Å². The second-order valence-electron chi connectivity index (χ2n) is 3.28. The Morgan fingerprint density at radius 2 is 2.00 bits per heavy atom. The molecule has 0 aromatic heterocycles. The van der Waals surface area contributed by atoms with E-state index in [4.69, 9.17) is 5.21 Å². The van der Waals surface area contributed by atoms with Gasteiger partial charge in [-0.1, -0.05) is 23.9 Å². The second kappa shape index (κ2) is 5.48. The van der Waals surface area contributed by atoms with Crippen LogP contribution < -0.4 is 0 Å². The van der Waals surface area contributed by atoms with E-state index in [1.54, 1.807) is 0 Å². The minimum Gasteiger partial charge on any atom is -0.411 e. The molecule has 1 rings (SSSR count). The van der Waals surface area contributed by atoms with Crippen LogP contribution in [0.25, 0.3) is 5.57 Å². The fraction of sp³-hybridized carbons (Fsp3) is 0.0833. The number of alkyl halides is 3. The smallest absolute Gasteiger partial charge is 0.411 e. The molecule has 0 aliphatic carbocycles. The van der Waals surface area contributed by atoms with E-state index in [-0.39, 0.29) is 11.1 Å². The van der Waals surface area contributed by atoms with E-state index in [0.29, 0.717) is 6.07 Å². The Labute approximate surface area is 101 Å². The highest BCUT2D eigenvalue weighted by Crippen LogP contribution is 2.35. The Kier molecular flexibility index (Phi) is 4.25. The molecule has 1 aromatic rings. The van der Waals surface area contributed by atoms with Gasteiger partial charge in [0.05, 0.1) is 11.8 Å². The maximum atomic E-state index is 12.9. The normalized spacial score (nSPS) is 13.0. The molecule has 96 valence electrons. The zero-order valence-electron chi connectivity index (χ0n) is 9.08. The summed E-state index contributed by atoms with van der Waals surface area (Å²) in [4.78, 5) is 0. The summed E-state index contributed by atoms with van der Waals surface area (Å²) in [6.07, 6.45) is -1.49. The summed E-state index contributed by atoms with van der Waals surface area (Å²) in [5.74, 6) is -0.981. The Morgan fingerprint density at radius 3 is 2.50 bits per heavy atom. The fourth-order valence-electron chi connectivity index (χ4n) is 1.38. The Morgan fingerprint density at radius 1 is 1.33 bits per heavy atom. The van der Waals surface area contributed by atoms with Crippen LogP contribution in [-0.4, -0.2) is 11.4 Å². The van der Waals surface area contributed by atoms with Crippen molar-refractivity contribution in [3.63, 3.8) is 0 Å². The number of nitrogens with zero attached hydrogens (tertiary/aromatic N) is 1. The topological polar surface area (TPSA) is 32.6 Å². The standard InChI is InChI=1S/C12H9F4NO/c1-2-8(5-6-17-18)10-4-3-9(13)7-11(10)12(14,15)16/h2-7,18H,1H2/b8-5+,17-6?. The van der Waals surface area contributed by atoms with Gasteiger partial charge in [0.1, 0.15) is 5.82 Å². The number of rotatable bonds is 3. The monoisotopic (exact) mass is 259 g/mol. The van der Waals surface area contributed by atoms with Crippen molar-refractivity contribution in [1.29, 1.82) is 0 Å². The molecule has 0 unspecified atom stereocenters. The average Bonchev–Trinajstić information content (AvgIpc) is 2.30. The lowest BCUT2D eigenvalue weighted by molar-refractivity contribution is -0.137. The van der Waals surface area contributed by atoms with Crippen molar-refractivity contribution in [2.75, 3.05) is 0 Å². The summed E-state index contributed by atoms with van der Waals surface area (Å²) < 4.78 is 51.1. The van der Waals surface area contributed by atoms with Crippen molar-refractivity contribution in [3.8, 4) is 0 Å². The molecule has 6 heteroatoms. The van der Waals surface area contributed by atoms with Crippen LogP contribution in [0.1, 0.15) is 11.1 Å². The third-order valence-electron chi connectivity index (χ3n) is 2.14. The Bertz CT molecular complexity index is 503. The maximum absolute atomic E-state index is 12.9. The molecule has 0 saturated heterocycles. The first-order chi connectivity index (χ1) is 8.40. The van der Waals surface area contributed by atoms with E-state index in [1.807, 2.05) is 0 Å². The number of allylic oxidation sites excluding steroid dienone is 3. The third-order valence-corrected chi connectivity index (χ3v) is 2.14. The van der Waals surface area contributed by atoms with Crippen molar-refractivity contribution in [3.05, 3.63) is 53.9 Å². The molecular weight excluding hydrogens is 250 g/mol. The highest BCUT2D eigenvalue weighted by Gasteiger charge is 2.34. The first kappa shape index (κ1) is 14.0. The summed E-state index contributed by atoms with van der Waals surface area (Å²) >= 11 is 0. The van der Waals surface area contributed by atoms with Crippen LogP contribution in [0.4, 0.5) is 17.6 Å². The molecule has 18 heavy (non-hydrogen) atoms. The van der Waals surface area contributed by atoms with Crippen molar-refractivity contribution in [2.24, 2.45) is 5.16 Å². The van der Waals surface area contributed by atoms with Gasteiger partial charge in [0.2, 0.25) is 0 Å². The lowest BCUT2D eigenvalue weighted by atomic mass is 9.99. The predicted molar refractivity (Wildman–Crippen MR) is 59.9 cm³/mol. The minimum atomic E-state index is -4.68. The molecule has 0 amide bonds. The number of hydrogen-bond donors (Lipinski definition) is 1. The lowest BCUT2D eigenvalue weighted by Crippen LogP contribution is -2.09. The van der Waals surface area contributed by atoms with E-state index in [1.165, 1.54) is 0 Å². The number of halogens is 4. The summed E-state index contributed by atoms with van der Waals surface area (Å²) in [6, 6.07) is 2.32. The van der Waals surface area contributed by atoms with Crippen LogP contribution in [0.15, 0.2) is 42.1 Å². The molecule has 0 heterocycles. The second-order valence-corrected chi connectivity index (χ2v) is 3.28. The maximum Gasteiger partial charge on any atom is 0.417 e. The molecule has 1 aromatic carbocycles. The molecule has 0 saturated carbocycles.